The van der Waals surface area contributed by atoms with Gasteiger partial charge >= 0.3 is 5.69 Å². The van der Waals surface area contributed by atoms with Gasteiger partial charge in [-0.1, -0.05) is 11.6 Å². The minimum absolute atomic E-state index is 0.257. The Labute approximate surface area is 193 Å². The van der Waals surface area contributed by atoms with Crippen molar-refractivity contribution in [2.75, 3.05) is 19.5 Å². The standard InChI is InChI=1S/C24H20ClN3O5/c1-32-18-8-4-16(5-9-18)26-22(29)14-27-21-13-15(25)3-12-20(21)23(30)28(24(27)31)17-6-10-19(33-2)11-7-17/h3-13H,14H2,1-2H3,(H,26,29). The quantitative estimate of drug-likeness (QED) is 0.471. The van der Waals surface area contributed by atoms with Gasteiger partial charge in [0.15, 0.2) is 0 Å². The summed E-state index contributed by atoms with van der Waals surface area (Å²) in [5, 5.41) is 3.34. The van der Waals surface area contributed by atoms with Crippen LogP contribution in [0, 0.1) is 0 Å². The highest BCUT2D eigenvalue weighted by Gasteiger charge is 2.17. The fourth-order valence-electron chi connectivity index (χ4n) is 3.47. The number of amides is 1. The number of halogens is 1. The smallest absolute Gasteiger partial charge is 0.336 e. The molecule has 33 heavy (non-hydrogen) atoms. The summed E-state index contributed by atoms with van der Waals surface area (Å²) < 4.78 is 12.5. The molecular weight excluding hydrogens is 446 g/mol. The number of anilines is 1. The van der Waals surface area contributed by atoms with E-state index in [1.807, 2.05) is 0 Å². The summed E-state index contributed by atoms with van der Waals surface area (Å²) in [5.41, 5.74) is -0.00720. The number of aromatic nitrogens is 2. The van der Waals surface area contributed by atoms with Crippen LogP contribution in [0.1, 0.15) is 0 Å². The first-order valence-corrected chi connectivity index (χ1v) is 10.3. The third-order valence-corrected chi connectivity index (χ3v) is 5.35. The minimum Gasteiger partial charge on any atom is -0.497 e. The first-order valence-electron chi connectivity index (χ1n) is 9.94. The predicted molar refractivity (Wildman–Crippen MR) is 127 cm³/mol. The average Bonchev–Trinajstić information content (AvgIpc) is 2.82. The van der Waals surface area contributed by atoms with Crippen LogP contribution in [-0.2, 0) is 11.3 Å². The number of rotatable bonds is 6. The fraction of sp³-hybridized carbons (Fsp3) is 0.125. The number of hydrogen-bond acceptors (Lipinski definition) is 5. The molecule has 1 amide bonds. The first kappa shape index (κ1) is 22.2. The third kappa shape index (κ3) is 4.47. The molecule has 1 heterocycles. The summed E-state index contributed by atoms with van der Waals surface area (Å²) in [6, 6.07) is 17.9. The molecule has 4 aromatic rings. The van der Waals surface area contributed by atoms with Gasteiger partial charge < -0.3 is 14.8 Å². The molecule has 1 N–H and O–H groups in total. The Hall–Kier alpha value is -4.04. The van der Waals surface area contributed by atoms with Crippen molar-refractivity contribution in [3.8, 4) is 17.2 Å². The predicted octanol–water partition coefficient (Wildman–Crippen LogP) is 3.46. The molecule has 0 spiro atoms. The Morgan fingerprint density at radius 1 is 0.909 bits per heavy atom. The van der Waals surface area contributed by atoms with Crippen LogP contribution in [0.15, 0.2) is 76.3 Å². The molecule has 0 bridgehead atoms. The highest BCUT2D eigenvalue weighted by Crippen LogP contribution is 2.19. The van der Waals surface area contributed by atoms with E-state index >= 15 is 0 Å². The molecule has 4 rings (SSSR count). The van der Waals surface area contributed by atoms with Gasteiger partial charge in [0.2, 0.25) is 5.91 Å². The van der Waals surface area contributed by atoms with Gasteiger partial charge in [-0.05, 0) is 66.7 Å². The largest absolute Gasteiger partial charge is 0.497 e. The summed E-state index contributed by atoms with van der Waals surface area (Å²) in [5.74, 6) is 0.790. The number of fused-ring (bicyclic) bond motifs is 1. The summed E-state index contributed by atoms with van der Waals surface area (Å²) in [6.45, 7) is -0.321. The molecule has 1 aromatic heterocycles. The summed E-state index contributed by atoms with van der Waals surface area (Å²) in [4.78, 5) is 39.4. The zero-order valence-electron chi connectivity index (χ0n) is 17.9. The van der Waals surface area contributed by atoms with Crippen LogP contribution >= 0.6 is 11.6 Å². The van der Waals surface area contributed by atoms with Crippen LogP contribution in [0.5, 0.6) is 11.5 Å². The van der Waals surface area contributed by atoms with Crippen molar-refractivity contribution in [1.82, 2.24) is 9.13 Å². The van der Waals surface area contributed by atoms with Gasteiger partial charge in [0.05, 0.1) is 30.8 Å². The maximum atomic E-state index is 13.4. The molecule has 0 saturated carbocycles. The van der Waals surface area contributed by atoms with Crippen LogP contribution in [0.4, 0.5) is 5.69 Å². The van der Waals surface area contributed by atoms with E-state index in [1.54, 1.807) is 61.7 Å². The monoisotopic (exact) mass is 465 g/mol. The number of hydrogen-bond donors (Lipinski definition) is 1. The average molecular weight is 466 g/mol. The first-order chi connectivity index (χ1) is 15.9. The van der Waals surface area contributed by atoms with Gasteiger partial charge in [0, 0.05) is 10.7 Å². The Balaban J connectivity index is 1.80. The molecule has 0 aliphatic rings. The van der Waals surface area contributed by atoms with Crippen LogP contribution < -0.4 is 26.0 Å². The highest BCUT2D eigenvalue weighted by molar-refractivity contribution is 6.31. The molecule has 0 atom stereocenters. The topological polar surface area (TPSA) is 91.6 Å². The van der Waals surface area contributed by atoms with Crippen molar-refractivity contribution >= 4 is 34.1 Å². The second-order valence-electron chi connectivity index (χ2n) is 7.15. The number of nitrogens with one attached hydrogen (secondary N) is 1. The third-order valence-electron chi connectivity index (χ3n) is 5.11. The number of methoxy groups -OCH3 is 2. The lowest BCUT2D eigenvalue weighted by Gasteiger charge is -2.15. The Kier molecular flexibility index (Phi) is 6.19. The van der Waals surface area contributed by atoms with E-state index in [9.17, 15) is 14.4 Å². The molecular formula is C24H20ClN3O5. The zero-order valence-corrected chi connectivity index (χ0v) is 18.6. The molecule has 3 aromatic carbocycles. The fourth-order valence-corrected chi connectivity index (χ4v) is 3.64. The number of benzene rings is 3. The SMILES string of the molecule is COc1ccc(NC(=O)Cn2c(=O)n(-c3ccc(OC)cc3)c(=O)c3ccc(Cl)cc32)cc1. The van der Waals surface area contributed by atoms with E-state index in [2.05, 4.69) is 5.32 Å². The summed E-state index contributed by atoms with van der Waals surface area (Å²) in [7, 11) is 3.07. The Morgan fingerprint density at radius 2 is 1.52 bits per heavy atom. The second kappa shape index (κ2) is 9.22. The second-order valence-corrected chi connectivity index (χ2v) is 7.58. The minimum atomic E-state index is -0.662. The lowest BCUT2D eigenvalue weighted by Crippen LogP contribution is -2.40. The normalized spacial score (nSPS) is 10.8. The number of nitrogens with zero attached hydrogens (tertiary/aromatic N) is 2. The number of carbonyl (C=O) groups excluding carboxylic acids is 1. The summed E-state index contributed by atoms with van der Waals surface area (Å²) >= 11 is 6.13. The summed E-state index contributed by atoms with van der Waals surface area (Å²) in [6.07, 6.45) is 0. The van der Waals surface area contributed by atoms with Gasteiger partial charge in [0.25, 0.3) is 5.56 Å². The van der Waals surface area contributed by atoms with Crippen molar-refractivity contribution in [3.63, 3.8) is 0 Å². The zero-order chi connectivity index (χ0) is 23.5. The molecule has 0 unspecified atom stereocenters. The van der Waals surface area contributed by atoms with E-state index in [0.717, 1.165) is 4.57 Å². The van der Waals surface area contributed by atoms with Crippen molar-refractivity contribution in [2.24, 2.45) is 0 Å². The molecule has 9 heteroatoms. The Morgan fingerprint density at radius 3 is 2.12 bits per heavy atom. The van der Waals surface area contributed by atoms with Crippen molar-refractivity contribution < 1.29 is 14.3 Å². The molecule has 0 fully saturated rings. The van der Waals surface area contributed by atoms with Crippen LogP contribution in [-0.4, -0.2) is 29.3 Å². The lowest BCUT2D eigenvalue weighted by atomic mass is 10.2. The molecule has 168 valence electrons. The molecule has 0 aliphatic carbocycles. The van der Waals surface area contributed by atoms with E-state index in [-0.39, 0.29) is 17.4 Å². The van der Waals surface area contributed by atoms with Gasteiger partial charge in [-0.15, -0.1) is 0 Å². The van der Waals surface area contributed by atoms with E-state index in [0.29, 0.717) is 27.9 Å². The van der Waals surface area contributed by atoms with Crippen LogP contribution in [0.25, 0.3) is 16.6 Å². The number of carbonyl (C=O) groups is 1. The maximum absolute atomic E-state index is 13.4. The highest BCUT2D eigenvalue weighted by atomic mass is 35.5. The number of ether oxygens (including phenoxy) is 2. The van der Waals surface area contributed by atoms with Crippen molar-refractivity contribution in [3.05, 3.63) is 92.6 Å². The van der Waals surface area contributed by atoms with Gasteiger partial charge in [-0.2, -0.15) is 0 Å². The van der Waals surface area contributed by atoms with E-state index in [1.165, 1.54) is 23.8 Å². The van der Waals surface area contributed by atoms with E-state index < -0.39 is 17.2 Å². The van der Waals surface area contributed by atoms with E-state index in [4.69, 9.17) is 21.1 Å². The van der Waals surface area contributed by atoms with Crippen molar-refractivity contribution in [1.29, 1.82) is 0 Å². The molecule has 0 radical (unpaired) electrons. The maximum Gasteiger partial charge on any atom is 0.336 e. The van der Waals surface area contributed by atoms with Gasteiger partial charge in [-0.25, -0.2) is 9.36 Å². The van der Waals surface area contributed by atoms with Gasteiger partial charge in [-0.3, -0.25) is 14.2 Å². The van der Waals surface area contributed by atoms with Crippen molar-refractivity contribution in [2.45, 2.75) is 6.54 Å². The van der Waals surface area contributed by atoms with Gasteiger partial charge in [0.1, 0.15) is 18.0 Å². The molecule has 0 aliphatic heterocycles. The Bertz CT molecular complexity index is 1440. The molecule has 0 saturated heterocycles. The van der Waals surface area contributed by atoms with Crippen LogP contribution in [0.2, 0.25) is 5.02 Å². The molecule has 8 nitrogen and oxygen atoms in total. The van der Waals surface area contributed by atoms with Crippen LogP contribution in [0.3, 0.4) is 0 Å². The lowest BCUT2D eigenvalue weighted by molar-refractivity contribution is -0.116.